The molecule has 6 heteroatoms. The molecule has 1 aliphatic carbocycles. The Bertz CT molecular complexity index is 1170. The molecule has 0 unspecified atom stereocenters. The van der Waals surface area contributed by atoms with E-state index in [1.165, 1.54) is 11.6 Å². The van der Waals surface area contributed by atoms with Crippen LogP contribution in [0.1, 0.15) is 44.2 Å². The van der Waals surface area contributed by atoms with E-state index in [1.807, 2.05) is 67.6 Å². The lowest BCUT2D eigenvalue weighted by Crippen LogP contribution is -2.55. The minimum atomic E-state index is -1.01. The van der Waals surface area contributed by atoms with Crippen molar-refractivity contribution < 1.29 is 28.9 Å². The Hall–Kier alpha value is -3.22. The molecule has 2 aliphatic heterocycles. The highest BCUT2D eigenvalue weighted by molar-refractivity contribution is 5.87. The van der Waals surface area contributed by atoms with Gasteiger partial charge in [0.2, 0.25) is 0 Å². The van der Waals surface area contributed by atoms with E-state index < -0.39 is 42.0 Å². The number of carbonyl (C=O) groups excluding carboxylic acids is 2. The van der Waals surface area contributed by atoms with E-state index in [2.05, 4.69) is 6.92 Å². The van der Waals surface area contributed by atoms with Gasteiger partial charge in [-0.05, 0) is 49.5 Å². The van der Waals surface area contributed by atoms with E-state index in [9.17, 15) is 14.7 Å². The molecule has 2 bridgehead atoms. The summed E-state index contributed by atoms with van der Waals surface area (Å²) in [5.74, 6) is -1.20. The highest BCUT2D eigenvalue weighted by Crippen LogP contribution is 2.62. The number of benzene rings is 2. The third kappa shape index (κ3) is 4.01. The highest BCUT2D eigenvalue weighted by atomic mass is 16.6. The van der Waals surface area contributed by atoms with Crippen LogP contribution in [0.3, 0.4) is 0 Å². The fourth-order valence-corrected chi connectivity index (χ4v) is 6.09. The van der Waals surface area contributed by atoms with Crippen LogP contribution in [-0.4, -0.2) is 41.5 Å². The molecule has 2 saturated heterocycles. The standard InChI is InChI=1S/C29H30O6/c1-19-13-15-22-26(19)27(34-24(31)16-14-20-9-5-3-6-10-20)29(21-11-7-4-8-12-21)17-23(28(22,2)35-29)33-25(32)18-30/h3-12,14,16,22-23,27,30H,13,15,17-18H2,1-2H3/t22-,23-,27+,28+,29-/m1/s1. The summed E-state index contributed by atoms with van der Waals surface area (Å²) in [6.07, 6.45) is 3.95. The van der Waals surface area contributed by atoms with Gasteiger partial charge in [0.1, 0.15) is 23.9 Å². The molecule has 3 aliphatic rings. The summed E-state index contributed by atoms with van der Waals surface area (Å²) in [6.45, 7) is 3.36. The van der Waals surface area contributed by atoms with Gasteiger partial charge in [0, 0.05) is 18.4 Å². The lowest BCUT2D eigenvalue weighted by atomic mass is 9.75. The highest BCUT2D eigenvalue weighted by Gasteiger charge is 2.69. The summed E-state index contributed by atoms with van der Waals surface area (Å²) in [5.41, 5.74) is 2.21. The molecule has 35 heavy (non-hydrogen) atoms. The SMILES string of the molecule is CC1=C2[C@@H](CC1)[C@]1(C)O[C@@](c3ccccc3)(C[C@H]1OC(=O)CO)[C@H]2OC(=O)C=Cc1ccccc1. The Kier molecular flexibility index (Phi) is 6.11. The number of aliphatic hydroxyl groups is 1. The van der Waals surface area contributed by atoms with Gasteiger partial charge in [0.15, 0.2) is 6.10 Å². The molecule has 0 saturated carbocycles. The lowest BCUT2D eigenvalue weighted by Gasteiger charge is -2.48. The molecule has 0 aromatic heterocycles. The van der Waals surface area contributed by atoms with Crippen LogP contribution in [0.25, 0.3) is 6.08 Å². The molecule has 6 nitrogen and oxygen atoms in total. The topological polar surface area (TPSA) is 82.1 Å². The van der Waals surface area contributed by atoms with Crippen molar-refractivity contribution in [3.63, 3.8) is 0 Å². The Morgan fingerprint density at radius 1 is 1.09 bits per heavy atom. The number of allylic oxidation sites excluding steroid dienone is 1. The first-order chi connectivity index (χ1) is 16.9. The average Bonchev–Trinajstić information content (AvgIpc) is 3.39. The number of hydrogen-bond acceptors (Lipinski definition) is 6. The van der Waals surface area contributed by atoms with Gasteiger partial charge < -0.3 is 19.3 Å². The molecule has 5 atom stereocenters. The fourth-order valence-electron chi connectivity index (χ4n) is 6.09. The molecule has 2 heterocycles. The summed E-state index contributed by atoms with van der Waals surface area (Å²) in [7, 11) is 0. The van der Waals surface area contributed by atoms with Gasteiger partial charge in [-0.25, -0.2) is 9.59 Å². The summed E-state index contributed by atoms with van der Waals surface area (Å²) >= 11 is 0. The van der Waals surface area contributed by atoms with E-state index >= 15 is 0 Å². The van der Waals surface area contributed by atoms with Crippen molar-refractivity contribution >= 4 is 18.0 Å². The second-order valence-corrected chi connectivity index (χ2v) is 9.77. The molecule has 0 radical (unpaired) electrons. The maximum absolute atomic E-state index is 13.1. The van der Waals surface area contributed by atoms with Crippen molar-refractivity contribution in [1.82, 2.24) is 0 Å². The molecule has 2 aromatic carbocycles. The zero-order chi connectivity index (χ0) is 24.6. The van der Waals surface area contributed by atoms with Crippen LogP contribution in [0, 0.1) is 5.92 Å². The Morgan fingerprint density at radius 2 is 1.77 bits per heavy atom. The third-order valence-electron chi connectivity index (χ3n) is 7.71. The maximum Gasteiger partial charge on any atom is 0.332 e. The molecule has 5 rings (SSSR count). The van der Waals surface area contributed by atoms with E-state index in [4.69, 9.17) is 14.2 Å². The van der Waals surface area contributed by atoms with Crippen molar-refractivity contribution in [3.8, 4) is 0 Å². The minimum absolute atomic E-state index is 0.0609. The van der Waals surface area contributed by atoms with Gasteiger partial charge in [-0.2, -0.15) is 0 Å². The number of ether oxygens (including phenoxy) is 3. The van der Waals surface area contributed by atoms with Crippen LogP contribution >= 0.6 is 0 Å². The summed E-state index contributed by atoms with van der Waals surface area (Å²) in [4.78, 5) is 25.2. The normalized spacial score (nSPS) is 31.5. The molecule has 182 valence electrons. The smallest absolute Gasteiger partial charge is 0.332 e. The van der Waals surface area contributed by atoms with Crippen LogP contribution in [0.2, 0.25) is 0 Å². The van der Waals surface area contributed by atoms with Crippen molar-refractivity contribution in [3.05, 3.63) is 89.0 Å². The van der Waals surface area contributed by atoms with Crippen molar-refractivity contribution in [1.29, 1.82) is 0 Å². The zero-order valence-corrected chi connectivity index (χ0v) is 20.0. The number of hydrogen-bond donors (Lipinski definition) is 1. The van der Waals surface area contributed by atoms with Crippen LogP contribution in [0.4, 0.5) is 0 Å². The number of fused-ring (bicyclic) bond motifs is 4. The lowest BCUT2D eigenvalue weighted by molar-refractivity contribution is -0.215. The maximum atomic E-state index is 13.1. The van der Waals surface area contributed by atoms with E-state index in [1.54, 1.807) is 6.08 Å². The Balaban J connectivity index is 1.56. The first-order valence-electron chi connectivity index (χ1n) is 12.1. The minimum Gasteiger partial charge on any atom is -0.457 e. The van der Waals surface area contributed by atoms with E-state index in [0.717, 1.165) is 29.5 Å². The Labute approximate surface area is 205 Å². The molecular formula is C29H30O6. The number of esters is 2. The second-order valence-electron chi connectivity index (χ2n) is 9.77. The molecule has 0 amide bonds. The first kappa shape index (κ1) is 23.5. The predicted molar refractivity (Wildman–Crippen MR) is 130 cm³/mol. The van der Waals surface area contributed by atoms with Crippen LogP contribution < -0.4 is 0 Å². The predicted octanol–water partition coefficient (Wildman–Crippen LogP) is 4.33. The largest absolute Gasteiger partial charge is 0.457 e. The zero-order valence-electron chi connectivity index (χ0n) is 20.0. The third-order valence-corrected chi connectivity index (χ3v) is 7.71. The van der Waals surface area contributed by atoms with Gasteiger partial charge in [-0.15, -0.1) is 0 Å². The molecule has 0 spiro atoms. The molecule has 1 N–H and O–H groups in total. The number of rotatable bonds is 6. The molecule has 2 aromatic rings. The number of aliphatic hydroxyl groups excluding tert-OH is 1. The molecular weight excluding hydrogens is 444 g/mol. The second kappa shape index (κ2) is 9.10. The van der Waals surface area contributed by atoms with E-state index in [-0.39, 0.29) is 5.92 Å². The van der Waals surface area contributed by atoms with Gasteiger partial charge in [-0.1, -0.05) is 66.2 Å². The number of carbonyl (C=O) groups is 2. The van der Waals surface area contributed by atoms with Crippen LogP contribution in [0.15, 0.2) is 77.9 Å². The summed E-state index contributed by atoms with van der Waals surface area (Å²) in [6, 6.07) is 19.3. The summed E-state index contributed by atoms with van der Waals surface area (Å²) < 4.78 is 18.8. The molecule has 2 fully saturated rings. The van der Waals surface area contributed by atoms with Gasteiger partial charge in [0.25, 0.3) is 0 Å². The van der Waals surface area contributed by atoms with Crippen LogP contribution in [-0.2, 0) is 29.4 Å². The van der Waals surface area contributed by atoms with Crippen molar-refractivity contribution in [2.24, 2.45) is 5.92 Å². The first-order valence-corrected chi connectivity index (χ1v) is 12.1. The van der Waals surface area contributed by atoms with Gasteiger partial charge in [0.05, 0.1) is 0 Å². The monoisotopic (exact) mass is 474 g/mol. The average molecular weight is 475 g/mol. The fraction of sp³-hybridized carbons (Fsp3) is 0.379. The summed E-state index contributed by atoms with van der Waals surface area (Å²) in [5, 5.41) is 9.35. The van der Waals surface area contributed by atoms with Crippen molar-refractivity contribution in [2.75, 3.05) is 6.61 Å². The van der Waals surface area contributed by atoms with E-state index in [0.29, 0.717) is 6.42 Å². The quantitative estimate of drug-likeness (QED) is 0.381. The Morgan fingerprint density at radius 3 is 2.46 bits per heavy atom. The van der Waals surface area contributed by atoms with Gasteiger partial charge in [-0.3, -0.25) is 0 Å². The van der Waals surface area contributed by atoms with Crippen LogP contribution in [0.5, 0.6) is 0 Å². The van der Waals surface area contributed by atoms with Crippen molar-refractivity contribution in [2.45, 2.75) is 56.5 Å². The van der Waals surface area contributed by atoms with Gasteiger partial charge >= 0.3 is 11.9 Å².